The van der Waals surface area contributed by atoms with E-state index in [9.17, 15) is 9.59 Å². The summed E-state index contributed by atoms with van der Waals surface area (Å²) in [5.41, 5.74) is 1.72. The van der Waals surface area contributed by atoms with Crippen LogP contribution in [0, 0.1) is 0 Å². The molecule has 6 heteroatoms. The van der Waals surface area contributed by atoms with Gasteiger partial charge in [0.2, 0.25) is 0 Å². The van der Waals surface area contributed by atoms with E-state index in [-0.39, 0.29) is 17.7 Å². The van der Waals surface area contributed by atoms with Crippen molar-refractivity contribution in [1.29, 1.82) is 0 Å². The first kappa shape index (κ1) is 13.2. The van der Waals surface area contributed by atoms with Crippen molar-refractivity contribution >= 4 is 18.2 Å². The maximum absolute atomic E-state index is 11.7. The lowest BCUT2D eigenvalue weighted by Crippen LogP contribution is -2.06. The van der Waals surface area contributed by atoms with Gasteiger partial charge in [0.25, 0.3) is 0 Å². The highest BCUT2D eigenvalue weighted by molar-refractivity contribution is 6.18. The van der Waals surface area contributed by atoms with Crippen LogP contribution in [0.1, 0.15) is 31.8 Å². The number of methoxy groups -OCH3 is 1. The van der Waals surface area contributed by atoms with Gasteiger partial charge in [-0.05, 0) is 5.56 Å². The minimum Gasteiger partial charge on any atom is -0.386 e. The Morgan fingerprint density at radius 3 is 2.58 bits per heavy atom. The fourth-order valence-corrected chi connectivity index (χ4v) is 1.86. The lowest BCUT2D eigenvalue weighted by molar-refractivity contribution is 0.0442. The third-order valence-corrected chi connectivity index (χ3v) is 2.65. The number of cyclic esters (lactones) is 2. The molecule has 0 saturated heterocycles. The molecule has 0 unspecified atom stereocenters. The van der Waals surface area contributed by atoms with Gasteiger partial charge in [0, 0.05) is 26.8 Å². The summed E-state index contributed by atoms with van der Waals surface area (Å²) in [6, 6.07) is 3.46. The first-order valence-corrected chi connectivity index (χ1v) is 5.67. The molecule has 1 aromatic rings. The number of hydrogen-bond acceptors (Lipinski definition) is 6. The van der Waals surface area contributed by atoms with Crippen LogP contribution in [0.3, 0.4) is 0 Å². The molecule has 0 fully saturated rings. The van der Waals surface area contributed by atoms with E-state index >= 15 is 0 Å². The molecule has 1 aromatic carbocycles. The molecule has 0 spiro atoms. The average molecular weight is 262 g/mol. The van der Waals surface area contributed by atoms with Gasteiger partial charge in [-0.15, -0.1) is 0 Å². The quantitative estimate of drug-likeness (QED) is 0.351. The van der Waals surface area contributed by atoms with Crippen LogP contribution >= 0.6 is 0 Å². The van der Waals surface area contributed by atoms with E-state index in [1.54, 1.807) is 31.2 Å². The summed E-state index contributed by atoms with van der Waals surface area (Å²) in [5, 5.41) is 5.66. The second-order valence-corrected chi connectivity index (χ2v) is 4.27. The summed E-state index contributed by atoms with van der Waals surface area (Å²) in [4.78, 5) is 23.4. The van der Waals surface area contributed by atoms with Crippen molar-refractivity contribution in [3.05, 3.63) is 34.4 Å². The number of carbonyl (C=O) groups excluding carboxylic acids is 2. The molecule has 0 N–H and O–H groups in total. The third kappa shape index (κ3) is 2.48. The lowest BCUT2D eigenvalue weighted by atomic mass is 9.98. The normalized spacial score (nSPS) is 13.8. The Hall–Kier alpha value is -2.21. The largest absolute Gasteiger partial charge is 0.386 e. The molecule has 1 aliphatic rings. The number of esters is 2. The minimum atomic E-state index is -0.641. The number of hydrazone groups is 1. The average Bonchev–Trinajstić information content (AvgIpc) is 2.65. The van der Waals surface area contributed by atoms with Gasteiger partial charge < -0.3 is 14.5 Å². The Morgan fingerprint density at radius 2 is 1.95 bits per heavy atom. The molecular weight excluding hydrogens is 248 g/mol. The fraction of sp³-hybridized carbons (Fsp3) is 0.308. The van der Waals surface area contributed by atoms with Crippen molar-refractivity contribution in [3.8, 4) is 0 Å². The summed E-state index contributed by atoms with van der Waals surface area (Å²) < 4.78 is 9.67. The van der Waals surface area contributed by atoms with Crippen molar-refractivity contribution < 1.29 is 19.1 Å². The molecule has 0 amide bonds. The predicted molar refractivity (Wildman–Crippen MR) is 68.2 cm³/mol. The molecule has 0 aromatic heterocycles. The SMILES string of the molecule is COCc1ccc(/C=N\N(C)C)c2c1C(=O)OC2=O. The maximum Gasteiger partial charge on any atom is 0.347 e. The van der Waals surface area contributed by atoms with E-state index in [2.05, 4.69) is 9.84 Å². The predicted octanol–water partition coefficient (Wildman–Crippen LogP) is 1.04. The van der Waals surface area contributed by atoms with Crippen LogP contribution in [-0.2, 0) is 16.1 Å². The van der Waals surface area contributed by atoms with Gasteiger partial charge >= 0.3 is 11.9 Å². The molecule has 0 saturated carbocycles. The highest BCUT2D eigenvalue weighted by atomic mass is 16.6. The Kier molecular flexibility index (Phi) is 3.62. The topological polar surface area (TPSA) is 68.2 Å². The van der Waals surface area contributed by atoms with Gasteiger partial charge in [0.15, 0.2) is 0 Å². The van der Waals surface area contributed by atoms with E-state index in [0.717, 1.165) is 0 Å². The molecule has 0 radical (unpaired) electrons. The number of benzene rings is 1. The van der Waals surface area contributed by atoms with E-state index in [4.69, 9.17) is 4.74 Å². The molecule has 0 bridgehead atoms. The maximum atomic E-state index is 11.7. The Bertz CT molecular complexity index is 564. The molecule has 0 atom stereocenters. The van der Waals surface area contributed by atoms with Gasteiger partial charge in [0.05, 0.1) is 23.9 Å². The van der Waals surface area contributed by atoms with E-state index in [1.165, 1.54) is 13.3 Å². The smallest absolute Gasteiger partial charge is 0.347 e. The van der Waals surface area contributed by atoms with Crippen molar-refractivity contribution in [2.45, 2.75) is 6.61 Å². The molecule has 0 aliphatic carbocycles. The molecule has 2 rings (SSSR count). The van der Waals surface area contributed by atoms with Crippen LogP contribution in [0.2, 0.25) is 0 Å². The molecule has 19 heavy (non-hydrogen) atoms. The van der Waals surface area contributed by atoms with Crippen molar-refractivity contribution in [2.24, 2.45) is 5.10 Å². The number of carbonyl (C=O) groups is 2. The molecule has 1 heterocycles. The second-order valence-electron chi connectivity index (χ2n) is 4.27. The van der Waals surface area contributed by atoms with E-state index in [1.807, 2.05) is 0 Å². The summed E-state index contributed by atoms with van der Waals surface area (Å²) in [5.74, 6) is -1.27. The molecule has 100 valence electrons. The summed E-state index contributed by atoms with van der Waals surface area (Å²) in [7, 11) is 5.05. The van der Waals surface area contributed by atoms with Gasteiger partial charge in [-0.25, -0.2) is 9.59 Å². The summed E-state index contributed by atoms with van der Waals surface area (Å²) >= 11 is 0. The Labute approximate surface area is 110 Å². The number of rotatable bonds is 4. The number of ether oxygens (including phenoxy) is 2. The number of hydrogen-bond donors (Lipinski definition) is 0. The Balaban J connectivity index is 2.55. The van der Waals surface area contributed by atoms with Gasteiger partial charge in [-0.2, -0.15) is 5.10 Å². The van der Waals surface area contributed by atoms with Gasteiger partial charge in [-0.3, -0.25) is 0 Å². The molecule has 6 nitrogen and oxygen atoms in total. The van der Waals surface area contributed by atoms with E-state index < -0.39 is 11.9 Å². The van der Waals surface area contributed by atoms with Crippen molar-refractivity contribution in [1.82, 2.24) is 5.01 Å². The summed E-state index contributed by atoms with van der Waals surface area (Å²) in [6.07, 6.45) is 1.52. The summed E-state index contributed by atoms with van der Waals surface area (Å²) in [6.45, 7) is 0.246. The highest BCUT2D eigenvalue weighted by Gasteiger charge is 2.34. The fourth-order valence-electron chi connectivity index (χ4n) is 1.86. The molecular formula is C13H14N2O4. The van der Waals surface area contributed by atoms with Crippen LogP contribution in [0.4, 0.5) is 0 Å². The zero-order chi connectivity index (χ0) is 14.0. The van der Waals surface area contributed by atoms with Crippen LogP contribution in [0.25, 0.3) is 0 Å². The highest BCUT2D eigenvalue weighted by Crippen LogP contribution is 2.27. The lowest BCUT2D eigenvalue weighted by Gasteiger charge is -2.07. The number of nitrogens with zero attached hydrogens (tertiary/aromatic N) is 2. The van der Waals surface area contributed by atoms with Gasteiger partial charge in [-0.1, -0.05) is 12.1 Å². The van der Waals surface area contributed by atoms with Gasteiger partial charge in [0.1, 0.15) is 0 Å². The zero-order valence-electron chi connectivity index (χ0n) is 11.0. The Morgan fingerprint density at radius 1 is 1.26 bits per heavy atom. The third-order valence-electron chi connectivity index (χ3n) is 2.65. The first-order valence-electron chi connectivity index (χ1n) is 5.67. The molecule has 1 aliphatic heterocycles. The standard InChI is InChI=1S/C13H14N2O4/c1-15(2)14-6-8-4-5-9(7-18-3)11-10(8)12(16)19-13(11)17/h4-6H,7H2,1-3H3/b14-6-. The van der Waals surface area contributed by atoms with Crippen LogP contribution in [-0.4, -0.2) is 44.4 Å². The van der Waals surface area contributed by atoms with Crippen molar-refractivity contribution in [2.75, 3.05) is 21.2 Å². The van der Waals surface area contributed by atoms with E-state index in [0.29, 0.717) is 11.1 Å². The number of fused-ring (bicyclic) bond motifs is 1. The van der Waals surface area contributed by atoms with Crippen LogP contribution in [0.15, 0.2) is 17.2 Å². The zero-order valence-corrected chi connectivity index (χ0v) is 11.0. The monoisotopic (exact) mass is 262 g/mol. The second kappa shape index (κ2) is 5.19. The van der Waals surface area contributed by atoms with Crippen molar-refractivity contribution in [3.63, 3.8) is 0 Å². The van der Waals surface area contributed by atoms with Crippen LogP contribution < -0.4 is 0 Å². The first-order chi connectivity index (χ1) is 9.04. The minimum absolute atomic E-state index is 0.246. The van der Waals surface area contributed by atoms with Crippen LogP contribution in [0.5, 0.6) is 0 Å².